The number of piperidine rings is 1. The smallest absolute Gasteiger partial charge is 0.220 e. The van der Waals surface area contributed by atoms with E-state index in [1.54, 1.807) is 6.07 Å². The van der Waals surface area contributed by atoms with Crippen LogP contribution in [-0.4, -0.2) is 38.5 Å². The number of methoxy groups -OCH3 is 3. The highest BCUT2D eigenvalue weighted by Crippen LogP contribution is 2.47. The van der Waals surface area contributed by atoms with Crippen molar-refractivity contribution in [2.24, 2.45) is 0 Å². The van der Waals surface area contributed by atoms with Gasteiger partial charge in [0, 0.05) is 18.4 Å². The lowest BCUT2D eigenvalue weighted by atomic mass is 9.92. The minimum Gasteiger partial charge on any atom is -0.600 e. The molecule has 0 bridgehead atoms. The predicted octanol–water partition coefficient (Wildman–Crippen LogP) is 0.567. The molecule has 1 unspecified atom stereocenters. The molecule has 1 aliphatic heterocycles. The van der Waals surface area contributed by atoms with Gasteiger partial charge in [-0.05, 0) is 22.0 Å². The fraction of sp³-hybridized carbons (Fsp3) is 0.500. The quantitative estimate of drug-likeness (QED) is 0.634. The van der Waals surface area contributed by atoms with Gasteiger partial charge in [-0.25, -0.2) is 10.4 Å². The highest BCUT2D eigenvalue weighted by atomic mass is 79.9. The molecule has 1 fully saturated rings. The minimum absolute atomic E-state index is 0.187. The maximum atomic E-state index is 11.8. The number of nitrogens with one attached hydrogen (secondary N) is 2. The second-order valence-electron chi connectivity index (χ2n) is 5.08. The van der Waals surface area contributed by atoms with Gasteiger partial charge < -0.3 is 24.7 Å². The number of rotatable bonds is 5. The van der Waals surface area contributed by atoms with E-state index in [4.69, 9.17) is 14.2 Å². The second-order valence-corrected chi connectivity index (χ2v) is 5.87. The van der Waals surface area contributed by atoms with Crippen molar-refractivity contribution >= 4 is 21.8 Å². The summed E-state index contributed by atoms with van der Waals surface area (Å²) in [6, 6.07) is 0.237. The molecule has 23 heavy (non-hydrogen) atoms. The largest absolute Gasteiger partial charge is 0.600 e. The Morgan fingerprint density at radius 2 is 1.96 bits per heavy atom. The van der Waals surface area contributed by atoms with Crippen LogP contribution in [0, 0.1) is 5.21 Å². The van der Waals surface area contributed by atoms with Crippen molar-refractivity contribution in [2.75, 3.05) is 21.3 Å². The summed E-state index contributed by atoms with van der Waals surface area (Å²) in [4.78, 5) is 11.8. The number of benzene rings is 1. The Morgan fingerprint density at radius 1 is 1.30 bits per heavy atom. The third-order valence-electron chi connectivity index (χ3n) is 3.85. The Labute approximate surface area is 142 Å². The maximum Gasteiger partial charge on any atom is 0.220 e. The van der Waals surface area contributed by atoms with Gasteiger partial charge in [0.2, 0.25) is 11.7 Å². The zero-order valence-corrected chi connectivity index (χ0v) is 14.6. The molecule has 1 saturated heterocycles. The summed E-state index contributed by atoms with van der Waals surface area (Å²) in [5, 5.41) is 22.8. The summed E-state index contributed by atoms with van der Waals surface area (Å²) < 4.78 is 16.5. The van der Waals surface area contributed by atoms with E-state index in [0.717, 1.165) is 0 Å². The molecule has 8 nitrogen and oxygen atoms in total. The van der Waals surface area contributed by atoms with E-state index in [2.05, 4.69) is 21.2 Å². The molecule has 0 aromatic heterocycles. The van der Waals surface area contributed by atoms with Gasteiger partial charge >= 0.3 is 0 Å². The summed E-state index contributed by atoms with van der Waals surface area (Å²) in [5.74, 6) is 0.977. The van der Waals surface area contributed by atoms with Crippen molar-refractivity contribution in [3.8, 4) is 17.2 Å². The normalized spacial score (nSPS) is 22.3. The summed E-state index contributed by atoms with van der Waals surface area (Å²) in [6.07, 6.45) is 0.463. The van der Waals surface area contributed by atoms with Gasteiger partial charge in [0.1, 0.15) is 12.1 Å². The Hall–Kier alpha value is -1.55. The highest BCUT2D eigenvalue weighted by molar-refractivity contribution is 9.10. The molecule has 2 rings (SSSR count). The van der Waals surface area contributed by atoms with E-state index in [0.29, 0.717) is 27.3 Å². The summed E-state index contributed by atoms with van der Waals surface area (Å²) >= 11 is 3.42. The van der Waals surface area contributed by atoms with Crippen LogP contribution >= 0.6 is 15.9 Å². The first-order valence-corrected chi connectivity index (χ1v) is 7.74. The molecular formula is C14H19BrN2O6. The van der Waals surface area contributed by atoms with Crippen LogP contribution < -0.4 is 24.8 Å². The lowest BCUT2D eigenvalue weighted by Gasteiger charge is -2.36. The highest BCUT2D eigenvalue weighted by Gasteiger charge is 2.37. The first-order chi connectivity index (χ1) is 10.9. The molecule has 9 heteroatoms. The summed E-state index contributed by atoms with van der Waals surface area (Å²) in [6.45, 7) is 0. The van der Waals surface area contributed by atoms with Crippen LogP contribution in [0.5, 0.6) is 17.2 Å². The van der Waals surface area contributed by atoms with E-state index in [1.165, 1.54) is 21.3 Å². The molecule has 0 aliphatic carbocycles. The Balaban J connectivity index is 2.58. The molecule has 1 heterocycles. The number of halogens is 1. The first kappa shape index (κ1) is 17.8. The van der Waals surface area contributed by atoms with Gasteiger partial charge in [0.05, 0.1) is 25.8 Å². The zero-order valence-electron chi connectivity index (χ0n) is 13.0. The number of quaternary nitrogens is 1. The minimum atomic E-state index is -0.962. The number of carbonyl (C=O) groups excluding carboxylic acids is 1. The van der Waals surface area contributed by atoms with Crippen LogP contribution in [0.1, 0.15) is 24.4 Å². The van der Waals surface area contributed by atoms with Gasteiger partial charge in [-0.1, -0.05) is 0 Å². The number of amides is 1. The fourth-order valence-corrected chi connectivity index (χ4v) is 3.43. The Kier molecular flexibility index (Phi) is 5.69. The van der Waals surface area contributed by atoms with E-state index < -0.39 is 17.3 Å². The zero-order chi connectivity index (χ0) is 17.1. The van der Waals surface area contributed by atoms with Crippen LogP contribution in [0.4, 0.5) is 0 Å². The third-order valence-corrected chi connectivity index (χ3v) is 4.67. The van der Waals surface area contributed by atoms with Gasteiger partial charge in [-0.2, -0.15) is 0 Å². The van der Waals surface area contributed by atoms with Crippen molar-refractivity contribution < 1.29 is 29.4 Å². The number of hydrogen-bond acceptors (Lipinski definition) is 6. The Bertz CT molecular complexity index is 595. The topological polar surface area (TPSA) is 105 Å². The Morgan fingerprint density at radius 3 is 2.48 bits per heavy atom. The molecule has 3 N–H and O–H groups in total. The van der Waals surface area contributed by atoms with Crippen molar-refractivity contribution in [1.82, 2.24) is 5.32 Å². The maximum absolute atomic E-state index is 11.8. The van der Waals surface area contributed by atoms with Crippen LogP contribution in [0.15, 0.2) is 10.5 Å². The van der Waals surface area contributed by atoms with Crippen molar-refractivity contribution in [1.29, 1.82) is 0 Å². The number of ether oxygens (including phenoxy) is 3. The lowest BCUT2D eigenvalue weighted by molar-refractivity contribution is -1.07. The van der Waals surface area contributed by atoms with Crippen molar-refractivity contribution in [3.05, 3.63) is 21.3 Å². The molecule has 1 aromatic carbocycles. The van der Waals surface area contributed by atoms with E-state index >= 15 is 0 Å². The monoisotopic (exact) mass is 390 g/mol. The van der Waals surface area contributed by atoms with Crippen LogP contribution in [0.3, 0.4) is 0 Å². The summed E-state index contributed by atoms with van der Waals surface area (Å²) in [7, 11) is 4.43. The van der Waals surface area contributed by atoms with E-state index in [9.17, 15) is 15.2 Å². The molecule has 0 saturated carbocycles. The second kappa shape index (κ2) is 7.35. The lowest BCUT2D eigenvalue weighted by Crippen LogP contribution is -3.10. The fourth-order valence-electron chi connectivity index (χ4n) is 2.73. The average Bonchev–Trinajstić information content (AvgIpc) is 2.53. The molecular weight excluding hydrogens is 372 g/mol. The van der Waals surface area contributed by atoms with Gasteiger partial charge in [0.25, 0.3) is 0 Å². The van der Waals surface area contributed by atoms with Gasteiger partial charge in [-0.15, -0.1) is 0 Å². The van der Waals surface area contributed by atoms with E-state index in [-0.39, 0.29) is 18.7 Å². The third kappa shape index (κ3) is 3.37. The SMILES string of the molecule is COc1cc([C@H]2NC(=O)CC[C@H]2[NH+]([O-])O)c(Br)c(OC)c1OC. The molecule has 3 atom stereocenters. The van der Waals surface area contributed by atoms with Crippen LogP contribution in [0.25, 0.3) is 0 Å². The average molecular weight is 391 g/mol. The number of hydroxylamine groups is 2. The molecule has 128 valence electrons. The van der Waals surface area contributed by atoms with Crippen molar-refractivity contribution in [3.63, 3.8) is 0 Å². The first-order valence-electron chi connectivity index (χ1n) is 6.95. The van der Waals surface area contributed by atoms with Gasteiger partial charge in [0.15, 0.2) is 11.5 Å². The van der Waals surface area contributed by atoms with Crippen LogP contribution in [0.2, 0.25) is 0 Å². The van der Waals surface area contributed by atoms with Crippen molar-refractivity contribution in [2.45, 2.75) is 24.9 Å². The molecule has 1 aliphatic rings. The molecule has 1 amide bonds. The summed E-state index contributed by atoms with van der Waals surface area (Å²) in [5.41, 5.74) is 0.569. The standard InChI is InChI=1S/C14H19BrN2O6/c1-21-9-6-7(11(15)14(23-3)13(9)22-2)12-8(17(19)20)4-5-10(18)16-12/h6,8,12,17,19H,4-5H2,1-3H3,(H,16,18)/t8-,12-/m1/s1. The van der Waals surface area contributed by atoms with E-state index in [1.807, 2.05) is 0 Å². The number of hydrogen-bond donors (Lipinski definition) is 3. The van der Waals surface area contributed by atoms with Crippen LogP contribution in [-0.2, 0) is 4.79 Å². The molecule has 0 spiro atoms. The number of carbonyl (C=O) groups is 1. The molecule has 1 aromatic rings. The predicted molar refractivity (Wildman–Crippen MR) is 83.8 cm³/mol. The van der Waals surface area contributed by atoms with Gasteiger partial charge in [-0.3, -0.25) is 4.79 Å². The molecule has 0 radical (unpaired) electrons.